The molecule has 1 aliphatic rings. The lowest BCUT2D eigenvalue weighted by atomic mass is 9.86. The molecule has 2 heterocycles. The highest BCUT2D eigenvalue weighted by Crippen LogP contribution is 2.30. The van der Waals surface area contributed by atoms with E-state index in [1.54, 1.807) is 0 Å². The van der Waals surface area contributed by atoms with E-state index >= 15 is 0 Å². The second-order valence-corrected chi connectivity index (χ2v) is 6.68. The number of carbonyl (C=O) groups is 2. The summed E-state index contributed by atoms with van der Waals surface area (Å²) in [5.41, 5.74) is -1.71. The first-order chi connectivity index (χ1) is 11.7. The molecule has 25 heavy (non-hydrogen) atoms. The summed E-state index contributed by atoms with van der Waals surface area (Å²) in [6.07, 6.45) is -3.15. The highest BCUT2D eigenvalue weighted by Gasteiger charge is 2.36. The minimum atomic E-state index is -4.46. The Hall–Kier alpha value is -1.81. The van der Waals surface area contributed by atoms with Crippen LogP contribution in [0, 0.1) is 0 Å². The van der Waals surface area contributed by atoms with Crippen LogP contribution in [0.15, 0.2) is 23.4 Å². The highest BCUT2D eigenvalue weighted by atomic mass is 32.2. The normalized spacial score (nSPS) is 17.1. The summed E-state index contributed by atoms with van der Waals surface area (Å²) in [5.74, 6) is -1.48. The number of carboxylic acid groups (broad SMARTS) is 1. The van der Waals surface area contributed by atoms with Gasteiger partial charge >= 0.3 is 12.1 Å². The molecule has 1 aliphatic heterocycles. The van der Waals surface area contributed by atoms with Gasteiger partial charge in [0.05, 0.1) is 28.3 Å². The molecule has 2 rings (SSSR count). The van der Waals surface area contributed by atoms with E-state index in [1.807, 2.05) is 0 Å². The van der Waals surface area contributed by atoms with Crippen molar-refractivity contribution in [3.63, 3.8) is 0 Å². The van der Waals surface area contributed by atoms with E-state index in [4.69, 9.17) is 9.84 Å². The highest BCUT2D eigenvalue weighted by molar-refractivity contribution is 7.99. The molecule has 6 nitrogen and oxygen atoms in total. The van der Waals surface area contributed by atoms with E-state index in [2.05, 4.69) is 10.3 Å². The summed E-state index contributed by atoms with van der Waals surface area (Å²) in [6, 6.07) is 2.10. The number of nitrogens with one attached hydrogen (secondary N) is 1. The minimum absolute atomic E-state index is 0.0689. The average molecular weight is 378 g/mol. The molecule has 0 spiro atoms. The van der Waals surface area contributed by atoms with Crippen LogP contribution >= 0.6 is 11.8 Å². The number of thioether (sulfide) groups is 1. The van der Waals surface area contributed by atoms with Crippen molar-refractivity contribution in [1.29, 1.82) is 0 Å². The van der Waals surface area contributed by atoms with Gasteiger partial charge < -0.3 is 15.2 Å². The lowest BCUT2D eigenvalue weighted by Crippen LogP contribution is -2.53. The minimum Gasteiger partial charge on any atom is -0.481 e. The number of nitrogens with zero attached hydrogens (tertiary/aromatic N) is 1. The molecule has 1 amide bonds. The Morgan fingerprint density at radius 2 is 2.00 bits per heavy atom. The Morgan fingerprint density at radius 1 is 1.32 bits per heavy atom. The molecule has 0 aliphatic carbocycles. The van der Waals surface area contributed by atoms with Crippen LogP contribution in [-0.2, 0) is 20.5 Å². The van der Waals surface area contributed by atoms with Gasteiger partial charge in [-0.1, -0.05) is 11.8 Å². The maximum absolute atomic E-state index is 12.5. The molecule has 0 radical (unpaired) electrons. The molecule has 0 bridgehead atoms. The maximum Gasteiger partial charge on any atom is 0.417 e. The number of amides is 1. The van der Waals surface area contributed by atoms with Gasteiger partial charge in [0.25, 0.3) is 0 Å². The summed E-state index contributed by atoms with van der Waals surface area (Å²) in [6.45, 7) is 0.725. The number of ether oxygens (including phenoxy) is 1. The molecular formula is C15H17F3N2O4S. The predicted molar refractivity (Wildman–Crippen MR) is 83.1 cm³/mol. The lowest BCUT2D eigenvalue weighted by Gasteiger charge is -2.36. The number of rotatable bonds is 6. The van der Waals surface area contributed by atoms with Gasteiger partial charge in [-0.3, -0.25) is 9.59 Å². The SMILES string of the molecule is O=C(O)CC1(NC(=O)CSc2ccc(C(F)(F)F)cn2)CCOCC1. The second-order valence-electron chi connectivity index (χ2n) is 5.68. The monoisotopic (exact) mass is 378 g/mol. The maximum atomic E-state index is 12.5. The average Bonchev–Trinajstić information content (AvgIpc) is 2.52. The quantitative estimate of drug-likeness (QED) is 0.739. The first-order valence-corrected chi connectivity index (χ1v) is 8.45. The summed E-state index contributed by atoms with van der Waals surface area (Å²) < 4.78 is 42.6. The van der Waals surface area contributed by atoms with Gasteiger partial charge in [-0.05, 0) is 25.0 Å². The fraction of sp³-hybridized carbons (Fsp3) is 0.533. The summed E-state index contributed by atoms with van der Waals surface area (Å²) in [7, 11) is 0. The zero-order valence-electron chi connectivity index (χ0n) is 13.1. The standard InChI is InChI=1S/C15H17F3N2O4S/c16-15(17,18)10-1-2-12(19-8-10)25-9-11(21)20-14(7-13(22)23)3-5-24-6-4-14/h1-2,8H,3-7,9H2,(H,20,21)(H,22,23). The number of pyridine rings is 1. The van der Waals surface area contributed by atoms with E-state index < -0.39 is 29.2 Å². The zero-order chi connectivity index (χ0) is 18.5. The van der Waals surface area contributed by atoms with Gasteiger partial charge in [-0.2, -0.15) is 13.2 Å². The number of aliphatic carboxylic acids is 1. The summed E-state index contributed by atoms with van der Waals surface area (Å²) >= 11 is 0.985. The zero-order valence-corrected chi connectivity index (χ0v) is 14.0. The van der Waals surface area contributed by atoms with Crippen LogP contribution in [0.25, 0.3) is 0 Å². The van der Waals surface area contributed by atoms with Crippen molar-refractivity contribution in [3.05, 3.63) is 23.9 Å². The largest absolute Gasteiger partial charge is 0.481 e. The van der Waals surface area contributed by atoms with Crippen LogP contribution in [-0.4, -0.2) is 46.5 Å². The summed E-state index contributed by atoms with van der Waals surface area (Å²) in [4.78, 5) is 26.8. The van der Waals surface area contributed by atoms with Crippen LogP contribution < -0.4 is 5.32 Å². The van der Waals surface area contributed by atoms with Crippen molar-refractivity contribution >= 4 is 23.6 Å². The number of aromatic nitrogens is 1. The Balaban J connectivity index is 1.91. The number of carbonyl (C=O) groups excluding carboxylic acids is 1. The van der Waals surface area contributed by atoms with Crippen molar-refractivity contribution in [2.45, 2.75) is 36.0 Å². The van der Waals surface area contributed by atoms with Crippen molar-refractivity contribution in [2.75, 3.05) is 19.0 Å². The molecule has 1 fully saturated rings. The topological polar surface area (TPSA) is 88.5 Å². The van der Waals surface area contributed by atoms with Crippen molar-refractivity contribution < 1.29 is 32.6 Å². The third-order valence-electron chi connectivity index (χ3n) is 3.76. The number of hydrogen-bond acceptors (Lipinski definition) is 5. The third kappa shape index (κ3) is 5.89. The number of hydrogen-bond donors (Lipinski definition) is 2. The molecule has 0 atom stereocenters. The molecule has 138 valence electrons. The van der Waals surface area contributed by atoms with Gasteiger partial charge in [-0.15, -0.1) is 0 Å². The van der Waals surface area contributed by atoms with Crippen LogP contribution in [0.4, 0.5) is 13.2 Å². The lowest BCUT2D eigenvalue weighted by molar-refractivity contribution is -0.140. The third-order valence-corrected chi connectivity index (χ3v) is 4.70. The summed E-state index contributed by atoms with van der Waals surface area (Å²) in [5, 5.41) is 12.1. The van der Waals surface area contributed by atoms with Crippen molar-refractivity contribution in [2.24, 2.45) is 0 Å². The molecule has 1 aromatic heterocycles. The molecule has 0 saturated carbocycles. The number of halogens is 3. The molecule has 0 aromatic carbocycles. The van der Waals surface area contributed by atoms with Gasteiger partial charge in [-0.25, -0.2) is 4.98 Å². The van der Waals surface area contributed by atoms with Crippen LogP contribution in [0.3, 0.4) is 0 Å². The van der Waals surface area contributed by atoms with E-state index in [9.17, 15) is 22.8 Å². The Bertz CT molecular complexity index is 616. The Labute approximate surface area is 146 Å². The van der Waals surface area contributed by atoms with Crippen LogP contribution in [0.2, 0.25) is 0 Å². The molecular weight excluding hydrogens is 361 g/mol. The van der Waals surface area contributed by atoms with Crippen LogP contribution in [0.5, 0.6) is 0 Å². The van der Waals surface area contributed by atoms with E-state index in [0.29, 0.717) is 32.3 Å². The van der Waals surface area contributed by atoms with Crippen molar-refractivity contribution in [1.82, 2.24) is 10.3 Å². The van der Waals surface area contributed by atoms with Gasteiger partial charge in [0.2, 0.25) is 5.91 Å². The Morgan fingerprint density at radius 3 is 2.52 bits per heavy atom. The molecule has 10 heteroatoms. The first kappa shape index (κ1) is 19.5. The van der Waals surface area contributed by atoms with Gasteiger partial charge in [0, 0.05) is 19.4 Å². The fourth-order valence-corrected chi connectivity index (χ4v) is 3.14. The molecule has 1 saturated heterocycles. The molecule has 0 unspecified atom stereocenters. The van der Waals surface area contributed by atoms with E-state index in [0.717, 1.165) is 17.8 Å². The van der Waals surface area contributed by atoms with E-state index in [1.165, 1.54) is 6.07 Å². The molecule has 2 N–H and O–H groups in total. The van der Waals surface area contributed by atoms with Gasteiger partial charge in [0.15, 0.2) is 0 Å². The number of carboxylic acids is 1. The second kappa shape index (κ2) is 8.05. The molecule has 1 aromatic rings. The Kier molecular flexibility index (Phi) is 6.28. The number of alkyl halides is 3. The van der Waals surface area contributed by atoms with Gasteiger partial charge in [0.1, 0.15) is 0 Å². The first-order valence-electron chi connectivity index (χ1n) is 7.47. The predicted octanol–water partition coefficient (Wildman–Crippen LogP) is 2.33. The van der Waals surface area contributed by atoms with Crippen LogP contribution in [0.1, 0.15) is 24.8 Å². The smallest absolute Gasteiger partial charge is 0.417 e. The van der Waals surface area contributed by atoms with Crippen molar-refractivity contribution in [3.8, 4) is 0 Å². The van der Waals surface area contributed by atoms with E-state index in [-0.39, 0.29) is 17.2 Å². The fourth-order valence-electron chi connectivity index (χ4n) is 2.50.